The average molecular weight is 390 g/mol. The van der Waals surface area contributed by atoms with E-state index in [0.717, 1.165) is 68.2 Å². The lowest BCUT2D eigenvalue weighted by Gasteiger charge is -2.10. The van der Waals surface area contributed by atoms with Crippen molar-refractivity contribution in [2.24, 2.45) is 0 Å². The van der Waals surface area contributed by atoms with Crippen molar-refractivity contribution >= 4 is 34.1 Å². The molecule has 27 heavy (non-hydrogen) atoms. The SMILES string of the molecule is CCCCCCC(=O)NCCCCCCNc1ccnc2cc(Cl)ccc12. The summed E-state index contributed by atoms with van der Waals surface area (Å²) in [5.41, 5.74) is 2.02. The average Bonchev–Trinajstić information content (AvgIpc) is 2.67. The molecule has 0 aliphatic heterocycles. The van der Waals surface area contributed by atoms with Gasteiger partial charge in [-0.2, -0.15) is 0 Å². The molecule has 0 fully saturated rings. The zero-order chi connectivity index (χ0) is 19.3. The van der Waals surface area contributed by atoms with Gasteiger partial charge in [-0.15, -0.1) is 0 Å². The Morgan fingerprint density at radius 3 is 2.59 bits per heavy atom. The summed E-state index contributed by atoms with van der Waals surface area (Å²) in [6.07, 6.45) is 11.6. The van der Waals surface area contributed by atoms with Gasteiger partial charge in [0, 0.05) is 41.8 Å². The van der Waals surface area contributed by atoms with E-state index in [4.69, 9.17) is 11.6 Å². The Morgan fingerprint density at radius 2 is 1.78 bits per heavy atom. The second-order valence-corrected chi connectivity index (χ2v) is 7.46. The number of nitrogens with zero attached hydrogens (tertiary/aromatic N) is 1. The van der Waals surface area contributed by atoms with E-state index in [9.17, 15) is 4.79 Å². The van der Waals surface area contributed by atoms with E-state index in [-0.39, 0.29) is 5.91 Å². The number of benzene rings is 1. The third-order valence-corrected chi connectivity index (χ3v) is 4.94. The molecule has 5 heteroatoms. The van der Waals surface area contributed by atoms with E-state index in [0.29, 0.717) is 11.4 Å². The molecule has 1 aromatic carbocycles. The van der Waals surface area contributed by atoms with Gasteiger partial charge < -0.3 is 10.6 Å². The van der Waals surface area contributed by atoms with Gasteiger partial charge >= 0.3 is 0 Å². The maximum atomic E-state index is 11.7. The molecule has 0 radical (unpaired) electrons. The first-order valence-electron chi connectivity index (χ1n) is 10.3. The number of unbranched alkanes of at least 4 members (excludes halogenated alkanes) is 6. The van der Waals surface area contributed by atoms with Crippen molar-refractivity contribution in [2.45, 2.75) is 64.7 Å². The summed E-state index contributed by atoms with van der Waals surface area (Å²) < 4.78 is 0. The zero-order valence-corrected chi connectivity index (χ0v) is 17.2. The predicted octanol–water partition coefficient (Wildman–Crippen LogP) is 5.95. The molecule has 2 rings (SSSR count). The Kier molecular flexibility index (Phi) is 9.99. The van der Waals surface area contributed by atoms with Crippen LogP contribution >= 0.6 is 11.6 Å². The van der Waals surface area contributed by atoms with Gasteiger partial charge in [-0.05, 0) is 43.5 Å². The molecule has 2 aromatic rings. The third kappa shape index (κ3) is 8.17. The molecule has 0 spiro atoms. The molecule has 1 amide bonds. The molecule has 0 saturated heterocycles. The molecule has 4 nitrogen and oxygen atoms in total. The van der Waals surface area contributed by atoms with E-state index in [2.05, 4.69) is 22.5 Å². The lowest BCUT2D eigenvalue weighted by Crippen LogP contribution is -2.23. The van der Waals surface area contributed by atoms with E-state index >= 15 is 0 Å². The largest absolute Gasteiger partial charge is 0.384 e. The van der Waals surface area contributed by atoms with Gasteiger partial charge in [-0.3, -0.25) is 9.78 Å². The van der Waals surface area contributed by atoms with Crippen molar-refractivity contribution < 1.29 is 4.79 Å². The summed E-state index contributed by atoms with van der Waals surface area (Å²) in [6.45, 7) is 3.92. The molecule has 0 aliphatic rings. The van der Waals surface area contributed by atoms with Crippen molar-refractivity contribution in [3.63, 3.8) is 0 Å². The van der Waals surface area contributed by atoms with Crippen LogP contribution in [0.3, 0.4) is 0 Å². The van der Waals surface area contributed by atoms with Gasteiger partial charge in [0.05, 0.1) is 5.52 Å². The van der Waals surface area contributed by atoms with Crippen LogP contribution in [0.25, 0.3) is 10.9 Å². The molecule has 148 valence electrons. The highest BCUT2D eigenvalue weighted by Crippen LogP contribution is 2.24. The summed E-state index contributed by atoms with van der Waals surface area (Å²) >= 11 is 6.03. The van der Waals surface area contributed by atoms with Crippen molar-refractivity contribution in [2.75, 3.05) is 18.4 Å². The van der Waals surface area contributed by atoms with E-state index in [1.165, 1.54) is 12.8 Å². The minimum Gasteiger partial charge on any atom is -0.384 e. The second kappa shape index (κ2) is 12.6. The number of hydrogen-bond donors (Lipinski definition) is 2. The van der Waals surface area contributed by atoms with Crippen LogP contribution in [0.5, 0.6) is 0 Å². The summed E-state index contributed by atoms with van der Waals surface area (Å²) in [7, 11) is 0. The zero-order valence-electron chi connectivity index (χ0n) is 16.4. The molecule has 0 atom stereocenters. The van der Waals surface area contributed by atoms with Crippen LogP contribution in [0.1, 0.15) is 64.7 Å². The van der Waals surface area contributed by atoms with Crippen molar-refractivity contribution in [1.82, 2.24) is 10.3 Å². The number of rotatable bonds is 13. The summed E-state index contributed by atoms with van der Waals surface area (Å²) in [6, 6.07) is 7.80. The number of carbonyl (C=O) groups is 1. The molecule has 1 aromatic heterocycles. The Labute approximate surface area is 168 Å². The lowest BCUT2D eigenvalue weighted by atomic mass is 10.1. The first kappa shape index (κ1) is 21.5. The van der Waals surface area contributed by atoms with Gasteiger partial charge in [0.2, 0.25) is 5.91 Å². The summed E-state index contributed by atoms with van der Waals surface area (Å²) in [5, 5.41) is 8.33. The highest BCUT2D eigenvalue weighted by Gasteiger charge is 2.03. The Morgan fingerprint density at radius 1 is 1.00 bits per heavy atom. The van der Waals surface area contributed by atoms with Gasteiger partial charge in [-0.1, -0.05) is 50.6 Å². The minimum atomic E-state index is 0.206. The molecule has 0 saturated carbocycles. The van der Waals surface area contributed by atoms with E-state index in [1.807, 2.05) is 30.5 Å². The van der Waals surface area contributed by atoms with Crippen LogP contribution < -0.4 is 10.6 Å². The predicted molar refractivity (Wildman–Crippen MR) is 115 cm³/mol. The normalized spacial score (nSPS) is 10.9. The number of anilines is 1. The number of pyridine rings is 1. The van der Waals surface area contributed by atoms with Crippen LogP contribution in [0.2, 0.25) is 5.02 Å². The number of aromatic nitrogens is 1. The number of halogens is 1. The quantitative estimate of drug-likeness (QED) is 0.416. The second-order valence-electron chi connectivity index (χ2n) is 7.02. The first-order chi connectivity index (χ1) is 13.2. The maximum absolute atomic E-state index is 11.7. The fourth-order valence-corrected chi connectivity index (χ4v) is 3.30. The maximum Gasteiger partial charge on any atom is 0.219 e. The standard InChI is InChI=1S/C22H32ClN3O/c1-2-3-4-7-10-22(27)26-15-9-6-5-8-14-24-20-13-16-25-21-17-18(23)11-12-19(20)21/h11-13,16-17H,2-10,14-15H2,1H3,(H,24,25)(H,26,27). The van der Waals surface area contributed by atoms with Crippen LogP contribution in [-0.4, -0.2) is 24.0 Å². The Bertz CT molecular complexity index is 705. The number of nitrogens with one attached hydrogen (secondary N) is 2. The Balaban J connectivity index is 1.53. The molecular weight excluding hydrogens is 358 g/mol. The number of fused-ring (bicyclic) bond motifs is 1. The molecule has 0 unspecified atom stereocenters. The molecule has 0 aliphatic carbocycles. The van der Waals surface area contributed by atoms with E-state index in [1.54, 1.807) is 0 Å². The van der Waals surface area contributed by atoms with Crippen molar-refractivity contribution in [3.05, 3.63) is 35.5 Å². The monoisotopic (exact) mass is 389 g/mol. The van der Waals surface area contributed by atoms with Crippen LogP contribution in [0.4, 0.5) is 5.69 Å². The number of amides is 1. The molecule has 0 bridgehead atoms. The van der Waals surface area contributed by atoms with Crippen LogP contribution in [0, 0.1) is 0 Å². The third-order valence-electron chi connectivity index (χ3n) is 4.70. The molecule has 2 N–H and O–H groups in total. The van der Waals surface area contributed by atoms with Crippen molar-refractivity contribution in [3.8, 4) is 0 Å². The van der Waals surface area contributed by atoms with Crippen LogP contribution in [-0.2, 0) is 4.79 Å². The highest BCUT2D eigenvalue weighted by molar-refractivity contribution is 6.31. The van der Waals surface area contributed by atoms with E-state index < -0.39 is 0 Å². The fraction of sp³-hybridized carbons (Fsp3) is 0.545. The van der Waals surface area contributed by atoms with Gasteiger partial charge in [0.1, 0.15) is 0 Å². The summed E-state index contributed by atoms with van der Waals surface area (Å²) in [4.78, 5) is 16.1. The van der Waals surface area contributed by atoms with Crippen molar-refractivity contribution in [1.29, 1.82) is 0 Å². The minimum absolute atomic E-state index is 0.206. The number of carbonyl (C=O) groups excluding carboxylic acids is 1. The highest BCUT2D eigenvalue weighted by atomic mass is 35.5. The van der Waals surface area contributed by atoms with Gasteiger partial charge in [0.15, 0.2) is 0 Å². The topological polar surface area (TPSA) is 54.0 Å². The van der Waals surface area contributed by atoms with Gasteiger partial charge in [-0.25, -0.2) is 0 Å². The molecule has 1 heterocycles. The molecular formula is C22H32ClN3O. The smallest absolute Gasteiger partial charge is 0.219 e. The fourth-order valence-electron chi connectivity index (χ4n) is 3.13. The Hall–Kier alpha value is -1.81. The van der Waals surface area contributed by atoms with Gasteiger partial charge in [0.25, 0.3) is 0 Å². The number of hydrogen-bond acceptors (Lipinski definition) is 3. The first-order valence-corrected chi connectivity index (χ1v) is 10.6. The lowest BCUT2D eigenvalue weighted by molar-refractivity contribution is -0.121. The summed E-state index contributed by atoms with van der Waals surface area (Å²) in [5.74, 6) is 0.206. The van der Waals surface area contributed by atoms with Crippen LogP contribution in [0.15, 0.2) is 30.5 Å².